The van der Waals surface area contributed by atoms with Crippen LogP contribution in [0.25, 0.3) is 10.8 Å². The number of guanidine groups is 1. The monoisotopic (exact) mass is 381 g/mol. The molecular formula is C19H16ClN5O2. The molecule has 0 aliphatic heterocycles. The highest BCUT2D eigenvalue weighted by atomic mass is 35.5. The smallest absolute Gasteiger partial charge is 0.345 e. The molecule has 0 aliphatic carbocycles. The van der Waals surface area contributed by atoms with Gasteiger partial charge >= 0.3 is 5.97 Å². The maximum absolute atomic E-state index is 12.4. The van der Waals surface area contributed by atoms with E-state index in [0.29, 0.717) is 17.0 Å². The molecule has 0 aromatic heterocycles. The number of fused-ring (bicyclic) bond motifs is 1. The molecule has 0 atom stereocenters. The molecule has 0 heterocycles. The molecule has 0 radical (unpaired) electrons. The number of rotatable bonds is 4. The van der Waals surface area contributed by atoms with E-state index in [-0.39, 0.29) is 22.4 Å². The molecule has 3 aromatic rings. The molecule has 0 amide bonds. The van der Waals surface area contributed by atoms with Crippen molar-refractivity contribution in [3.8, 4) is 5.75 Å². The number of amidine groups is 1. The summed E-state index contributed by atoms with van der Waals surface area (Å²) in [5, 5.41) is 19.2. The number of carbonyl (C=O) groups is 1. The van der Waals surface area contributed by atoms with E-state index < -0.39 is 5.97 Å². The zero-order valence-electron chi connectivity index (χ0n) is 14.0. The molecule has 136 valence electrons. The molecule has 3 rings (SSSR count). The number of nitrogens with one attached hydrogen (secondary N) is 3. The lowest BCUT2D eigenvalue weighted by molar-refractivity contribution is 0.0735. The number of nitrogen functional groups attached to an aromatic ring is 1. The van der Waals surface area contributed by atoms with Crippen molar-refractivity contribution < 1.29 is 9.53 Å². The Labute approximate surface area is 159 Å². The van der Waals surface area contributed by atoms with Crippen LogP contribution in [0.2, 0.25) is 5.02 Å². The fourth-order valence-electron chi connectivity index (χ4n) is 2.53. The van der Waals surface area contributed by atoms with Gasteiger partial charge < -0.3 is 21.5 Å². The van der Waals surface area contributed by atoms with Crippen LogP contribution in [0.1, 0.15) is 15.9 Å². The lowest BCUT2D eigenvalue weighted by Crippen LogP contribution is -2.20. The topological polar surface area (TPSA) is 138 Å². The summed E-state index contributed by atoms with van der Waals surface area (Å²) in [5.74, 6) is -0.477. The fraction of sp³-hybridized carbons (Fsp3) is 0. The van der Waals surface area contributed by atoms with Crippen molar-refractivity contribution in [2.24, 2.45) is 11.5 Å². The van der Waals surface area contributed by atoms with E-state index in [1.165, 1.54) is 12.1 Å². The van der Waals surface area contributed by atoms with Crippen molar-refractivity contribution in [3.63, 3.8) is 0 Å². The molecular weight excluding hydrogens is 366 g/mol. The Hall–Kier alpha value is -3.58. The summed E-state index contributed by atoms with van der Waals surface area (Å²) in [6, 6.07) is 15.0. The van der Waals surface area contributed by atoms with Crippen molar-refractivity contribution in [2.75, 3.05) is 5.32 Å². The molecule has 7 nitrogen and oxygen atoms in total. The summed E-state index contributed by atoms with van der Waals surface area (Å²) in [6.45, 7) is 0. The van der Waals surface area contributed by atoms with Gasteiger partial charge in [0.1, 0.15) is 11.6 Å². The third-order valence-electron chi connectivity index (χ3n) is 3.80. The Bertz CT molecular complexity index is 1080. The third-order valence-corrected chi connectivity index (χ3v) is 4.11. The zero-order valence-corrected chi connectivity index (χ0v) is 14.8. The van der Waals surface area contributed by atoms with Gasteiger partial charge in [-0.1, -0.05) is 29.8 Å². The quantitative estimate of drug-likeness (QED) is 0.204. The van der Waals surface area contributed by atoms with Gasteiger partial charge in [-0.3, -0.25) is 10.8 Å². The van der Waals surface area contributed by atoms with Gasteiger partial charge in [0.2, 0.25) is 0 Å². The first kappa shape index (κ1) is 18.2. The van der Waals surface area contributed by atoms with E-state index in [1.54, 1.807) is 42.5 Å². The first-order valence-electron chi connectivity index (χ1n) is 7.84. The van der Waals surface area contributed by atoms with Gasteiger partial charge in [-0.2, -0.15) is 0 Å². The second kappa shape index (κ2) is 7.35. The molecule has 7 N–H and O–H groups in total. The number of halogens is 1. The minimum absolute atomic E-state index is 0.00949. The second-order valence-electron chi connectivity index (χ2n) is 5.76. The van der Waals surface area contributed by atoms with E-state index in [4.69, 9.17) is 38.6 Å². The molecule has 3 aromatic carbocycles. The van der Waals surface area contributed by atoms with Crippen molar-refractivity contribution in [1.82, 2.24) is 0 Å². The average Bonchev–Trinajstić information content (AvgIpc) is 2.60. The van der Waals surface area contributed by atoms with Gasteiger partial charge in [-0.25, -0.2) is 4.79 Å². The Morgan fingerprint density at radius 1 is 0.963 bits per heavy atom. The Morgan fingerprint density at radius 3 is 2.33 bits per heavy atom. The van der Waals surface area contributed by atoms with Crippen LogP contribution < -0.4 is 21.5 Å². The van der Waals surface area contributed by atoms with Crippen LogP contribution in [0, 0.1) is 10.8 Å². The van der Waals surface area contributed by atoms with Gasteiger partial charge in [-0.05, 0) is 47.2 Å². The van der Waals surface area contributed by atoms with E-state index in [0.717, 1.165) is 10.8 Å². The summed E-state index contributed by atoms with van der Waals surface area (Å²) in [4.78, 5) is 12.4. The Kier molecular flexibility index (Phi) is 4.96. The first-order chi connectivity index (χ1) is 12.8. The second-order valence-corrected chi connectivity index (χ2v) is 6.17. The zero-order chi connectivity index (χ0) is 19.6. The number of nitrogens with two attached hydrogens (primary N) is 2. The van der Waals surface area contributed by atoms with Crippen LogP contribution in [0.5, 0.6) is 5.75 Å². The first-order valence-corrected chi connectivity index (χ1v) is 8.22. The van der Waals surface area contributed by atoms with E-state index in [2.05, 4.69) is 5.32 Å². The maximum atomic E-state index is 12.4. The lowest BCUT2D eigenvalue weighted by atomic mass is 10.1. The van der Waals surface area contributed by atoms with Crippen molar-refractivity contribution in [2.45, 2.75) is 0 Å². The van der Waals surface area contributed by atoms with Gasteiger partial charge in [0.05, 0.1) is 10.6 Å². The van der Waals surface area contributed by atoms with E-state index in [1.807, 2.05) is 0 Å². The van der Waals surface area contributed by atoms with Crippen molar-refractivity contribution >= 4 is 45.8 Å². The van der Waals surface area contributed by atoms with Gasteiger partial charge in [-0.15, -0.1) is 0 Å². The van der Waals surface area contributed by atoms with E-state index >= 15 is 0 Å². The number of benzene rings is 3. The lowest BCUT2D eigenvalue weighted by Gasteiger charge is -2.09. The Morgan fingerprint density at radius 2 is 1.67 bits per heavy atom. The van der Waals surface area contributed by atoms with Gasteiger partial charge in [0, 0.05) is 11.3 Å². The molecule has 0 aliphatic rings. The summed E-state index contributed by atoms with van der Waals surface area (Å²) >= 11 is 6.13. The summed E-state index contributed by atoms with van der Waals surface area (Å²) in [6.07, 6.45) is 0. The number of anilines is 1. The van der Waals surface area contributed by atoms with Gasteiger partial charge in [0.15, 0.2) is 5.96 Å². The standard InChI is InChI=1S/C19H16ClN5O2/c20-16-9-13(25-19(23)24)4-6-15(16)18(26)27-14-5-3-10-7-12(17(21)22)2-1-11(10)8-14/h1-9H,(H3,21,22)(H4,23,24,25). The number of ether oxygens (including phenoxy) is 1. The maximum Gasteiger partial charge on any atom is 0.345 e. The molecule has 0 saturated heterocycles. The van der Waals surface area contributed by atoms with Crippen LogP contribution in [-0.4, -0.2) is 17.8 Å². The summed E-state index contributed by atoms with van der Waals surface area (Å²) < 4.78 is 5.41. The minimum atomic E-state index is -0.603. The summed E-state index contributed by atoms with van der Waals surface area (Å²) in [7, 11) is 0. The van der Waals surface area contributed by atoms with Crippen molar-refractivity contribution in [1.29, 1.82) is 10.8 Å². The molecule has 0 fully saturated rings. The predicted molar refractivity (Wildman–Crippen MR) is 107 cm³/mol. The number of hydrogen-bond donors (Lipinski definition) is 5. The summed E-state index contributed by atoms with van der Waals surface area (Å²) in [5.41, 5.74) is 12.1. The molecule has 0 bridgehead atoms. The predicted octanol–water partition coefficient (Wildman–Crippen LogP) is 3.30. The number of hydrogen-bond acceptors (Lipinski definition) is 4. The molecule has 27 heavy (non-hydrogen) atoms. The van der Waals surface area contributed by atoms with Crippen LogP contribution in [-0.2, 0) is 0 Å². The largest absolute Gasteiger partial charge is 0.423 e. The van der Waals surface area contributed by atoms with Crippen LogP contribution >= 0.6 is 11.6 Å². The normalized spacial score (nSPS) is 10.4. The number of esters is 1. The molecule has 0 saturated carbocycles. The van der Waals surface area contributed by atoms with Crippen molar-refractivity contribution in [3.05, 3.63) is 70.7 Å². The van der Waals surface area contributed by atoms with Crippen LogP contribution in [0.3, 0.4) is 0 Å². The highest BCUT2D eigenvalue weighted by Crippen LogP contribution is 2.25. The SMILES string of the molecule is N=C(N)Nc1ccc(C(=O)Oc2ccc3cc(C(=N)N)ccc3c2)c(Cl)c1. The highest BCUT2D eigenvalue weighted by molar-refractivity contribution is 6.34. The average molecular weight is 382 g/mol. The fourth-order valence-corrected chi connectivity index (χ4v) is 2.79. The van der Waals surface area contributed by atoms with Crippen LogP contribution in [0.4, 0.5) is 5.69 Å². The van der Waals surface area contributed by atoms with E-state index in [9.17, 15) is 4.79 Å². The molecule has 0 spiro atoms. The molecule has 8 heteroatoms. The number of carbonyl (C=O) groups excluding carboxylic acids is 1. The van der Waals surface area contributed by atoms with Crippen LogP contribution in [0.15, 0.2) is 54.6 Å². The van der Waals surface area contributed by atoms with Gasteiger partial charge in [0.25, 0.3) is 0 Å². The Balaban J connectivity index is 1.82. The third kappa shape index (κ3) is 4.16. The minimum Gasteiger partial charge on any atom is -0.423 e. The molecule has 0 unspecified atom stereocenters. The highest BCUT2D eigenvalue weighted by Gasteiger charge is 2.14.